The molecular weight excluding hydrogens is 592 g/mol. The third kappa shape index (κ3) is 6.78. The Morgan fingerprint density at radius 2 is 1.67 bits per heavy atom. The Bertz CT molecular complexity index is 1940. The van der Waals surface area contributed by atoms with Gasteiger partial charge in [-0.15, -0.1) is 0 Å². The highest BCUT2D eigenvalue weighted by molar-refractivity contribution is 7.90. The first kappa shape index (κ1) is 31.1. The molecule has 0 aliphatic rings. The van der Waals surface area contributed by atoms with Gasteiger partial charge in [-0.3, -0.25) is 4.79 Å². The van der Waals surface area contributed by atoms with E-state index in [4.69, 9.17) is 4.74 Å². The van der Waals surface area contributed by atoms with Crippen LogP contribution in [0.5, 0.6) is 11.5 Å². The summed E-state index contributed by atoms with van der Waals surface area (Å²) in [7, 11) is -2.76. The molecule has 0 radical (unpaired) electrons. The van der Waals surface area contributed by atoms with Gasteiger partial charge in [0.1, 0.15) is 17.5 Å². The van der Waals surface area contributed by atoms with Crippen molar-refractivity contribution in [2.75, 3.05) is 18.6 Å². The molecule has 1 aromatic heterocycles. The fourth-order valence-electron chi connectivity index (χ4n) is 5.35. The number of aromatic hydroxyl groups is 1. The normalized spacial score (nSPS) is 12.0. The molecular formula is C34H34N4O6S. The van der Waals surface area contributed by atoms with Gasteiger partial charge in [-0.25, -0.2) is 17.9 Å². The van der Waals surface area contributed by atoms with Crippen LogP contribution >= 0.6 is 0 Å². The summed E-state index contributed by atoms with van der Waals surface area (Å²) in [4.78, 5) is 31.7. The maximum Gasteiger partial charge on any atom is 0.329 e. The van der Waals surface area contributed by atoms with Crippen molar-refractivity contribution in [3.63, 3.8) is 0 Å². The molecule has 0 spiro atoms. The molecule has 5 rings (SSSR count). The highest BCUT2D eigenvalue weighted by atomic mass is 32.2. The van der Waals surface area contributed by atoms with Gasteiger partial charge in [0.05, 0.1) is 12.0 Å². The number of rotatable bonds is 10. The maximum absolute atomic E-state index is 13.8. The zero-order chi connectivity index (χ0) is 32.1. The molecule has 0 bridgehead atoms. The van der Waals surface area contributed by atoms with Crippen LogP contribution in [-0.4, -0.2) is 50.1 Å². The molecule has 1 heterocycles. The number of aromatic amines is 1. The van der Waals surface area contributed by atoms with Gasteiger partial charge in [-0.2, -0.15) is 0 Å². The minimum Gasteiger partial charge on any atom is -0.508 e. The zero-order valence-electron chi connectivity index (χ0n) is 25.1. The second kappa shape index (κ2) is 13.1. The summed E-state index contributed by atoms with van der Waals surface area (Å²) in [5.74, 6) is 0.294. The number of methoxy groups -OCH3 is 1. The van der Waals surface area contributed by atoms with Gasteiger partial charge in [-0.1, -0.05) is 48.5 Å². The predicted molar refractivity (Wildman–Crippen MR) is 174 cm³/mol. The van der Waals surface area contributed by atoms with E-state index < -0.39 is 28.0 Å². The Balaban J connectivity index is 1.40. The number of amides is 3. The third-order valence-electron chi connectivity index (χ3n) is 7.56. The number of urea groups is 1. The molecule has 0 aliphatic carbocycles. The number of hydrogen-bond donors (Lipinski definition) is 4. The number of hydrogen-bond acceptors (Lipinski definition) is 6. The number of carbonyl (C=O) groups is 2. The van der Waals surface area contributed by atoms with Crippen LogP contribution < -0.4 is 19.7 Å². The third-order valence-corrected chi connectivity index (χ3v) is 9.04. The Hall–Kier alpha value is -5.29. The van der Waals surface area contributed by atoms with Gasteiger partial charge < -0.3 is 25.0 Å². The number of aromatic nitrogens is 1. The molecule has 0 saturated heterocycles. The quantitative estimate of drug-likeness (QED) is 0.161. The summed E-state index contributed by atoms with van der Waals surface area (Å²) >= 11 is 0. The first-order chi connectivity index (χ1) is 21.6. The summed E-state index contributed by atoms with van der Waals surface area (Å²) in [6, 6.07) is 25.4. The molecule has 0 aliphatic heterocycles. The lowest BCUT2D eigenvalue weighted by Crippen LogP contribution is -2.53. The van der Waals surface area contributed by atoms with E-state index in [1.165, 1.54) is 23.1 Å². The molecule has 5 aromatic rings. The number of likely N-dealkylation sites (N-methyl/N-ethyl adjacent to an activating group) is 1. The average Bonchev–Trinajstić information content (AvgIpc) is 3.46. The molecule has 0 saturated carbocycles. The van der Waals surface area contributed by atoms with Crippen LogP contribution in [-0.2, 0) is 21.2 Å². The van der Waals surface area contributed by atoms with Crippen LogP contribution in [0.3, 0.4) is 0 Å². The van der Waals surface area contributed by atoms with Crippen molar-refractivity contribution in [1.82, 2.24) is 15.0 Å². The van der Waals surface area contributed by atoms with Crippen LogP contribution in [0.15, 0.2) is 102 Å². The Kier molecular flexibility index (Phi) is 9.10. The topological polar surface area (TPSA) is 141 Å². The Labute approximate surface area is 261 Å². The molecule has 10 nitrogen and oxygen atoms in total. The van der Waals surface area contributed by atoms with E-state index in [0.717, 1.165) is 16.5 Å². The second-order valence-electron chi connectivity index (χ2n) is 10.5. The number of ether oxygens (including phenoxy) is 1. The molecule has 45 heavy (non-hydrogen) atoms. The lowest BCUT2D eigenvalue weighted by atomic mass is 10.0. The second-order valence-corrected chi connectivity index (χ2v) is 12.1. The molecule has 1 atom stereocenters. The van der Waals surface area contributed by atoms with E-state index in [2.05, 4.69) is 15.0 Å². The van der Waals surface area contributed by atoms with Gasteiger partial charge in [-0.05, 0) is 73.5 Å². The maximum atomic E-state index is 13.8. The smallest absolute Gasteiger partial charge is 0.329 e. The largest absolute Gasteiger partial charge is 0.508 e. The van der Waals surface area contributed by atoms with Crippen molar-refractivity contribution in [1.29, 1.82) is 0 Å². The van der Waals surface area contributed by atoms with Crippen molar-refractivity contribution < 1.29 is 27.9 Å². The minimum absolute atomic E-state index is 0.0504. The van der Waals surface area contributed by atoms with E-state index in [1.54, 1.807) is 45.2 Å². The molecule has 4 aromatic carbocycles. The van der Waals surface area contributed by atoms with Crippen LogP contribution in [0.1, 0.15) is 18.1 Å². The van der Waals surface area contributed by atoms with Gasteiger partial charge in [0, 0.05) is 40.8 Å². The average molecular weight is 627 g/mol. The monoisotopic (exact) mass is 626 g/mol. The van der Waals surface area contributed by atoms with Crippen molar-refractivity contribution in [2.45, 2.75) is 31.2 Å². The number of phenolic OH excluding ortho intramolecular Hbond substituents is 1. The highest BCUT2D eigenvalue weighted by Crippen LogP contribution is 2.33. The van der Waals surface area contributed by atoms with E-state index in [1.807, 2.05) is 54.6 Å². The standard InChI is InChI=1S/C34H34N4O6S/c1-4-38(24-16-18-25(39)19-17-24)33(40)30(20-23-10-6-5-7-11-23)36-34(41)37-45(42,43)32-15-8-12-26(22(32)2)29-21-27-28(35-29)13-9-14-31(27)44-3/h5-19,21,30,35,39H,4,20H2,1-3H3,(H2,36,37,41)/t30-/m0/s1. The van der Waals surface area contributed by atoms with Crippen LogP contribution in [0.2, 0.25) is 0 Å². The van der Waals surface area contributed by atoms with E-state index in [0.29, 0.717) is 28.3 Å². The zero-order valence-corrected chi connectivity index (χ0v) is 25.9. The lowest BCUT2D eigenvalue weighted by molar-refractivity contribution is -0.120. The Morgan fingerprint density at radius 1 is 0.956 bits per heavy atom. The summed E-state index contributed by atoms with van der Waals surface area (Å²) in [5.41, 5.74) is 3.90. The van der Waals surface area contributed by atoms with Crippen molar-refractivity contribution in [3.05, 3.63) is 108 Å². The summed E-state index contributed by atoms with van der Waals surface area (Å²) in [5, 5.41) is 13.1. The number of benzene rings is 4. The lowest BCUT2D eigenvalue weighted by Gasteiger charge is -2.27. The van der Waals surface area contributed by atoms with Crippen molar-refractivity contribution in [2.24, 2.45) is 0 Å². The minimum atomic E-state index is -4.34. The Morgan fingerprint density at radius 3 is 2.36 bits per heavy atom. The van der Waals surface area contributed by atoms with Gasteiger partial charge >= 0.3 is 6.03 Å². The SMILES string of the molecule is CCN(C(=O)[C@H](Cc1ccccc1)NC(=O)NS(=O)(=O)c1cccc(-c2cc3c(OC)cccc3[nH]2)c1C)c1ccc(O)cc1. The van der Waals surface area contributed by atoms with Gasteiger partial charge in [0.2, 0.25) is 5.91 Å². The van der Waals surface area contributed by atoms with E-state index >= 15 is 0 Å². The fraction of sp³-hybridized carbons (Fsp3) is 0.176. The van der Waals surface area contributed by atoms with Gasteiger partial charge in [0.15, 0.2) is 0 Å². The highest BCUT2D eigenvalue weighted by Gasteiger charge is 2.29. The van der Waals surface area contributed by atoms with Crippen LogP contribution in [0, 0.1) is 6.92 Å². The molecule has 0 fully saturated rings. The molecule has 3 amide bonds. The molecule has 11 heteroatoms. The van der Waals surface area contributed by atoms with Crippen molar-refractivity contribution in [3.8, 4) is 22.8 Å². The summed E-state index contributed by atoms with van der Waals surface area (Å²) in [6.07, 6.45) is 0.125. The molecule has 232 valence electrons. The van der Waals surface area contributed by atoms with Gasteiger partial charge in [0.25, 0.3) is 10.0 Å². The fourth-order valence-corrected chi connectivity index (χ4v) is 6.53. The van der Waals surface area contributed by atoms with Crippen molar-refractivity contribution >= 4 is 38.6 Å². The number of sulfonamides is 1. The summed E-state index contributed by atoms with van der Waals surface area (Å²) in [6.45, 7) is 3.74. The summed E-state index contributed by atoms with van der Waals surface area (Å²) < 4.78 is 34.7. The van der Waals surface area contributed by atoms with Crippen LogP contribution in [0.25, 0.3) is 22.2 Å². The first-order valence-corrected chi connectivity index (χ1v) is 15.8. The molecule has 0 unspecified atom stereocenters. The number of nitrogens with zero attached hydrogens (tertiary/aromatic N) is 1. The number of fused-ring (bicyclic) bond motifs is 1. The number of phenols is 1. The van der Waals surface area contributed by atoms with E-state index in [9.17, 15) is 23.1 Å². The number of carbonyl (C=O) groups excluding carboxylic acids is 2. The number of anilines is 1. The number of H-pyrrole nitrogens is 1. The van der Waals surface area contributed by atoms with Crippen LogP contribution in [0.4, 0.5) is 10.5 Å². The molecule has 4 N–H and O–H groups in total. The van der Waals surface area contributed by atoms with E-state index in [-0.39, 0.29) is 23.6 Å². The predicted octanol–water partition coefficient (Wildman–Crippen LogP) is 5.51. The first-order valence-electron chi connectivity index (χ1n) is 14.3. The number of nitrogens with one attached hydrogen (secondary N) is 3.